The van der Waals surface area contributed by atoms with Crippen LogP contribution in [0.15, 0.2) is 16.9 Å². The second kappa shape index (κ2) is 5.97. The Morgan fingerprint density at radius 2 is 2.16 bits per heavy atom. The molecule has 0 spiro atoms. The van der Waals surface area contributed by atoms with E-state index < -0.39 is 0 Å². The number of hydrogen-bond donors (Lipinski definition) is 2. The van der Waals surface area contributed by atoms with Crippen LogP contribution in [0.25, 0.3) is 10.6 Å². The second-order valence-electron chi connectivity index (χ2n) is 4.65. The Balaban J connectivity index is 2.27. The lowest BCUT2D eigenvalue weighted by atomic mass is 10.1. The van der Waals surface area contributed by atoms with E-state index in [1.165, 1.54) is 11.3 Å². The normalized spacial score (nSPS) is 10.9. The van der Waals surface area contributed by atoms with Crippen LogP contribution in [0.1, 0.15) is 38.8 Å². The van der Waals surface area contributed by atoms with E-state index in [0.29, 0.717) is 16.5 Å². The van der Waals surface area contributed by atoms with Gasteiger partial charge >= 0.3 is 0 Å². The summed E-state index contributed by atoms with van der Waals surface area (Å²) in [5.74, 6) is 0.304. The molecule has 0 radical (unpaired) electrons. The predicted molar refractivity (Wildman–Crippen MR) is 78.8 cm³/mol. The molecular weight excluding hydrogens is 260 g/mol. The van der Waals surface area contributed by atoms with Crippen molar-refractivity contribution in [1.29, 1.82) is 0 Å². The van der Waals surface area contributed by atoms with Gasteiger partial charge in [0.05, 0.1) is 5.56 Å². The van der Waals surface area contributed by atoms with Gasteiger partial charge in [0.25, 0.3) is 5.56 Å². The summed E-state index contributed by atoms with van der Waals surface area (Å²) in [5.41, 5.74) is 1.40. The van der Waals surface area contributed by atoms with Crippen molar-refractivity contribution >= 4 is 16.5 Å². The lowest BCUT2D eigenvalue weighted by Crippen LogP contribution is -2.11. The molecule has 2 rings (SSSR count). The Bertz CT molecular complexity index is 603. The van der Waals surface area contributed by atoms with Gasteiger partial charge in [0.2, 0.25) is 5.13 Å². The molecule has 102 valence electrons. The second-order valence-corrected chi connectivity index (χ2v) is 5.63. The number of nitrogens with one attached hydrogen (secondary N) is 2. The van der Waals surface area contributed by atoms with E-state index in [4.69, 9.17) is 0 Å². The van der Waals surface area contributed by atoms with Gasteiger partial charge in [0.15, 0.2) is 5.01 Å². The zero-order valence-electron chi connectivity index (χ0n) is 11.4. The molecule has 0 aliphatic carbocycles. The highest BCUT2D eigenvalue weighted by Crippen LogP contribution is 2.24. The van der Waals surface area contributed by atoms with Gasteiger partial charge in [-0.25, -0.2) is 0 Å². The van der Waals surface area contributed by atoms with Crippen LogP contribution < -0.4 is 10.9 Å². The van der Waals surface area contributed by atoms with Crippen LogP contribution >= 0.6 is 11.3 Å². The fraction of sp³-hybridized carbons (Fsp3) is 0.462. The van der Waals surface area contributed by atoms with E-state index in [9.17, 15) is 4.79 Å². The number of pyridine rings is 1. The van der Waals surface area contributed by atoms with Crippen LogP contribution in [-0.2, 0) is 0 Å². The third-order valence-electron chi connectivity index (χ3n) is 2.74. The molecule has 2 heterocycles. The first-order chi connectivity index (χ1) is 9.11. The van der Waals surface area contributed by atoms with E-state index in [0.717, 1.165) is 23.8 Å². The van der Waals surface area contributed by atoms with Crippen molar-refractivity contribution in [2.24, 2.45) is 0 Å². The SMILES string of the molecule is CCCNc1nnc(-c2ccc(C(C)C)[nH]c2=O)s1. The van der Waals surface area contributed by atoms with E-state index in [1.54, 1.807) is 0 Å². The molecule has 0 saturated carbocycles. The first-order valence-corrected chi connectivity index (χ1v) is 7.24. The van der Waals surface area contributed by atoms with E-state index >= 15 is 0 Å². The minimum absolute atomic E-state index is 0.107. The van der Waals surface area contributed by atoms with E-state index in [1.807, 2.05) is 26.0 Å². The van der Waals surface area contributed by atoms with Crippen LogP contribution in [0.4, 0.5) is 5.13 Å². The highest BCUT2D eigenvalue weighted by molar-refractivity contribution is 7.18. The van der Waals surface area contributed by atoms with Crippen LogP contribution in [0.5, 0.6) is 0 Å². The lowest BCUT2D eigenvalue weighted by molar-refractivity contribution is 0.816. The van der Waals surface area contributed by atoms with Gasteiger partial charge in [-0.3, -0.25) is 4.79 Å². The first kappa shape index (κ1) is 13.7. The quantitative estimate of drug-likeness (QED) is 0.882. The molecule has 0 saturated heterocycles. The molecule has 0 aromatic carbocycles. The Morgan fingerprint density at radius 1 is 1.37 bits per heavy atom. The molecular formula is C13H18N4OS. The fourth-order valence-electron chi connectivity index (χ4n) is 1.63. The van der Waals surface area contributed by atoms with Crippen molar-refractivity contribution in [3.05, 3.63) is 28.2 Å². The van der Waals surface area contributed by atoms with Crippen LogP contribution in [-0.4, -0.2) is 21.7 Å². The van der Waals surface area contributed by atoms with Gasteiger partial charge in [-0.1, -0.05) is 32.1 Å². The topological polar surface area (TPSA) is 70.7 Å². The van der Waals surface area contributed by atoms with Crippen molar-refractivity contribution in [3.63, 3.8) is 0 Å². The third-order valence-corrected chi connectivity index (χ3v) is 3.65. The summed E-state index contributed by atoms with van der Waals surface area (Å²) in [4.78, 5) is 14.9. The number of aromatic amines is 1. The van der Waals surface area contributed by atoms with Crippen LogP contribution in [0.3, 0.4) is 0 Å². The fourth-order valence-corrected chi connectivity index (χ4v) is 2.42. The molecule has 0 fully saturated rings. The summed E-state index contributed by atoms with van der Waals surface area (Å²) in [6.45, 7) is 7.03. The Hall–Kier alpha value is -1.69. The van der Waals surface area contributed by atoms with Gasteiger partial charge in [-0.2, -0.15) is 0 Å². The monoisotopic (exact) mass is 278 g/mol. The van der Waals surface area contributed by atoms with E-state index in [2.05, 4.69) is 27.4 Å². The summed E-state index contributed by atoms with van der Waals surface area (Å²) >= 11 is 1.40. The Morgan fingerprint density at radius 3 is 2.79 bits per heavy atom. The Labute approximate surface area is 116 Å². The number of rotatable bonds is 5. The summed E-state index contributed by atoms with van der Waals surface area (Å²) in [6, 6.07) is 3.75. The largest absolute Gasteiger partial charge is 0.360 e. The molecule has 6 heteroatoms. The number of aromatic nitrogens is 3. The summed E-state index contributed by atoms with van der Waals surface area (Å²) in [6.07, 6.45) is 1.03. The summed E-state index contributed by atoms with van der Waals surface area (Å²) in [7, 11) is 0. The van der Waals surface area contributed by atoms with Crippen molar-refractivity contribution in [2.45, 2.75) is 33.1 Å². The van der Waals surface area contributed by atoms with Crippen LogP contribution in [0, 0.1) is 0 Å². The van der Waals surface area contributed by atoms with Crippen molar-refractivity contribution in [2.75, 3.05) is 11.9 Å². The predicted octanol–water partition coefficient (Wildman–Crippen LogP) is 2.84. The first-order valence-electron chi connectivity index (χ1n) is 6.42. The average molecular weight is 278 g/mol. The van der Waals surface area contributed by atoms with E-state index in [-0.39, 0.29) is 5.56 Å². The smallest absolute Gasteiger partial charge is 0.258 e. The minimum Gasteiger partial charge on any atom is -0.360 e. The van der Waals surface area contributed by atoms with Gasteiger partial charge in [0.1, 0.15) is 0 Å². The molecule has 2 aromatic rings. The van der Waals surface area contributed by atoms with Gasteiger partial charge in [-0.05, 0) is 24.5 Å². The zero-order chi connectivity index (χ0) is 13.8. The molecule has 19 heavy (non-hydrogen) atoms. The molecule has 2 aromatic heterocycles. The number of anilines is 1. The maximum absolute atomic E-state index is 12.0. The Kier molecular flexibility index (Phi) is 4.31. The maximum Gasteiger partial charge on any atom is 0.258 e. The van der Waals surface area contributed by atoms with Crippen molar-refractivity contribution < 1.29 is 0 Å². The average Bonchev–Trinajstić information content (AvgIpc) is 2.84. The number of hydrogen-bond acceptors (Lipinski definition) is 5. The van der Waals surface area contributed by atoms with Gasteiger partial charge in [-0.15, -0.1) is 10.2 Å². The van der Waals surface area contributed by atoms with Crippen LogP contribution in [0.2, 0.25) is 0 Å². The summed E-state index contributed by atoms with van der Waals surface area (Å²) in [5, 5.41) is 12.7. The summed E-state index contributed by atoms with van der Waals surface area (Å²) < 4.78 is 0. The van der Waals surface area contributed by atoms with Crippen molar-refractivity contribution in [3.8, 4) is 10.6 Å². The molecule has 0 amide bonds. The lowest BCUT2D eigenvalue weighted by Gasteiger charge is -2.04. The minimum atomic E-state index is -0.107. The number of H-pyrrole nitrogens is 1. The molecule has 2 N–H and O–H groups in total. The molecule has 0 aliphatic rings. The van der Waals surface area contributed by atoms with Crippen molar-refractivity contribution in [1.82, 2.24) is 15.2 Å². The van der Waals surface area contributed by atoms with Gasteiger partial charge in [0, 0.05) is 12.2 Å². The molecule has 0 unspecified atom stereocenters. The van der Waals surface area contributed by atoms with Gasteiger partial charge < -0.3 is 10.3 Å². The highest BCUT2D eigenvalue weighted by atomic mass is 32.1. The highest BCUT2D eigenvalue weighted by Gasteiger charge is 2.11. The zero-order valence-corrected chi connectivity index (χ0v) is 12.2. The molecule has 0 aliphatic heterocycles. The standard InChI is InChI=1S/C13H18N4OS/c1-4-7-14-13-17-16-12(19-13)9-5-6-10(8(2)3)15-11(9)18/h5-6,8H,4,7H2,1-3H3,(H,14,17)(H,15,18). The maximum atomic E-state index is 12.0. The number of nitrogens with zero attached hydrogens (tertiary/aromatic N) is 2. The molecule has 5 nitrogen and oxygen atoms in total. The third kappa shape index (κ3) is 3.20. The molecule has 0 bridgehead atoms. The molecule has 0 atom stereocenters.